The predicted molar refractivity (Wildman–Crippen MR) is 88.9 cm³/mol. The Morgan fingerprint density at radius 3 is 2.05 bits per heavy atom. The summed E-state index contributed by atoms with van der Waals surface area (Å²) in [5, 5.41) is 0. The minimum absolute atomic E-state index is 0.293. The topological polar surface area (TPSA) is 0 Å². The summed E-state index contributed by atoms with van der Waals surface area (Å²) in [7, 11) is 2.19. The first-order valence-corrected chi connectivity index (χ1v) is 7.53. The van der Waals surface area contributed by atoms with E-state index in [4.69, 9.17) is 0 Å². The normalized spacial score (nSPS) is 19.8. The SMILES string of the molecule is BCC(=C)c1cc2c(cc1C)C(C)(C)CCC2(C)C. The van der Waals surface area contributed by atoms with Gasteiger partial charge < -0.3 is 0 Å². The molecule has 0 fully saturated rings. The minimum atomic E-state index is 0.293. The van der Waals surface area contributed by atoms with Crippen LogP contribution in [0.2, 0.25) is 6.32 Å². The Hall–Kier alpha value is -0.975. The van der Waals surface area contributed by atoms with E-state index < -0.39 is 0 Å². The molecular formula is C18H27B. The van der Waals surface area contributed by atoms with Gasteiger partial charge in [-0.05, 0) is 52.8 Å². The molecule has 0 atom stereocenters. The van der Waals surface area contributed by atoms with Gasteiger partial charge in [-0.25, -0.2) is 0 Å². The van der Waals surface area contributed by atoms with E-state index in [9.17, 15) is 0 Å². The third kappa shape index (κ3) is 2.40. The summed E-state index contributed by atoms with van der Waals surface area (Å²) in [5.74, 6) is 0. The van der Waals surface area contributed by atoms with Crippen molar-refractivity contribution in [3.8, 4) is 0 Å². The molecule has 0 amide bonds. The Bertz CT molecular complexity index is 521. The number of benzene rings is 1. The van der Waals surface area contributed by atoms with Crippen LogP contribution in [0.1, 0.15) is 62.8 Å². The molecule has 1 aliphatic carbocycles. The van der Waals surface area contributed by atoms with Gasteiger partial charge in [0, 0.05) is 0 Å². The third-order valence-corrected chi connectivity index (χ3v) is 5.01. The van der Waals surface area contributed by atoms with Gasteiger partial charge in [0.25, 0.3) is 0 Å². The lowest BCUT2D eigenvalue weighted by molar-refractivity contribution is 0.331. The standard InChI is InChI=1S/C18H27B/c1-12-9-15-16(10-14(12)13(2)11-19)18(5,6)8-7-17(15,3)4/h9-10H,2,7-8,11,19H2,1,3-6H3. The number of hydrogen-bond acceptors (Lipinski definition) is 0. The van der Waals surface area contributed by atoms with Crippen molar-refractivity contribution in [2.45, 2.75) is 64.6 Å². The minimum Gasteiger partial charge on any atom is -0.0960 e. The van der Waals surface area contributed by atoms with Crippen LogP contribution in [0.3, 0.4) is 0 Å². The second-order valence-corrected chi connectivity index (χ2v) is 7.44. The van der Waals surface area contributed by atoms with E-state index in [1.165, 1.54) is 29.5 Å². The number of fused-ring (bicyclic) bond motifs is 1. The van der Waals surface area contributed by atoms with Crippen molar-refractivity contribution < 1.29 is 0 Å². The summed E-state index contributed by atoms with van der Waals surface area (Å²) >= 11 is 0. The van der Waals surface area contributed by atoms with Crippen LogP contribution >= 0.6 is 0 Å². The van der Waals surface area contributed by atoms with Crippen molar-refractivity contribution in [3.63, 3.8) is 0 Å². The first-order chi connectivity index (χ1) is 8.69. The van der Waals surface area contributed by atoms with Crippen molar-refractivity contribution in [3.05, 3.63) is 41.0 Å². The monoisotopic (exact) mass is 254 g/mol. The fraction of sp³-hybridized carbons (Fsp3) is 0.556. The Balaban J connectivity index is 2.68. The van der Waals surface area contributed by atoms with Crippen molar-refractivity contribution in [2.75, 3.05) is 0 Å². The van der Waals surface area contributed by atoms with Crippen LogP contribution in [-0.4, -0.2) is 7.85 Å². The predicted octanol–water partition coefficient (Wildman–Crippen LogP) is 4.41. The summed E-state index contributed by atoms with van der Waals surface area (Å²) in [6, 6.07) is 4.85. The number of hydrogen-bond donors (Lipinski definition) is 0. The molecule has 0 aliphatic heterocycles. The van der Waals surface area contributed by atoms with Crippen LogP contribution in [-0.2, 0) is 10.8 Å². The second kappa shape index (κ2) is 4.54. The maximum atomic E-state index is 4.24. The molecule has 19 heavy (non-hydrogen) atoms. The lowest BCUT2D eigenvalue weighted by Gasteiger charge is -2.42. The molecule has 0 nitrogen and oxygen atoms in total. The lowest BCUT2D eigenvalue weighted by Crippen LogP contribution is -2.34. The molecule has 0 bridgehead atoms. The zero-order valence-electron chi connectivity index (χ0n) is 13.5. The molecule has 0 saturated carbocycles. The van der Waals surface area contributed by atoms with Gasteiger partial charge in [0.1, 0.15) is 7.85 Å². The molecule has 1 aromatic carbocycles. The molecule has 2 rings (SSSR count). The van der Waals surface area contributed by atoms with E-state index >= 15 is 0 Å². The van der Waals surface area contributed by atoms with Crippen LogP contribution in [0.15, 0.2) is 18.7 Å². The summed E-state index contributed by atoms with van der Waals surface area (Å²) in [6.45, 7) is 16.0. The van der Waals surface area contributed by atoms with Crippen molar-refractivity contribution in [1.29, 1.82) is 0 Å². The summed E-state index contributed by atoms with van der Waals surface area (Å²) in [4.78, 5) is 0. The fourth-order valence-corrected chi connectivity index (χ4v) is 3.29. The molecule has 0 saturated heterocycles. The molecule has 0 unspecified atom stereocenters. The summed E-state index contributed by atoms with van der Waals surface area (Å²) in [5.41, 5.74) is 7.71. The molecule has 1 aliphatic rings. The molecule has 1 heteroatoms. The molecular weight excluding hydrogens is 227 g/mol. The van der Waals surface area contributed by atoms with E-state index in [0.717, 1.165) is 6.32 Å². The average molecular weight is 254 g/mol. The largest absolute Gasteiger partial charge is 0.107 e. The van der Waals surface area contributed by atoms with E-state index in [-0.39, 0.29) is 0 Å². The zero-order chi connectivity index (χ0) is 14.4. The third-order valence-electron chi connectivity index (χ3n) is 5.01. The summed E-state index contributed by atoms with van der Waals surface area (Å²) in [6.07, 6.45) is 3.58. The smallest absolute Gasteiger partial charge is 0.0960 e. The fourth-order valence-electron chi connectivity index (χ4n) is 3.29. The number of allylic oxidation sites excluding steroid dienone is 1. The van der Waals surface area contributed by atoms with Crippen LogP contribution in [0, 0.1) is 6.92 Å². The van der Waals surface area contributed by atoms with Crippen LogP contribution < -0.4 is 0 Å². The molecule has 0 radical (unpaired) electrons. The maximum absolute atomic E-state index is 4.24. The molecule has 0 spiro atoms. The maximum Gasteiger partial charge on any atom is 0.107 e. The van der Waals surface area contributed by atoms with Gasteiger partial charge in [0.2, 0.25) is 0 Å². The molecule has 0 aromatic heterocycles. The van der Waals surface area contributed by atoms with E-state index in [1.54, 1.807) is 11.1 Å². The van der Waals surface area contributed by atoms with Crippen LogP contribution in [0.5, 0.6) is 0 Å². The van der Waals surface area contributed by atoms with Gasteiger partial charge in [-0.15, -0.1) is 0 Å². The molecule has 102 valence electrons. The van der Waals surface area contributed by atoms with Crippen LogP contribution in [0.25, 0.3) is 5.57 Å². The Labute approximate surface area is 119 Å². The summed E-state index contributed by atoms with van der Waals surface area (Å²) < 4.78 is 0. The van der Waals surface area contributed by atoms with E-state index in [1.807, 2.05) is 0 Å². The van der Waals surface area contributed by atoms with Gasteiger partial charge in [0.05, 0.1) is 0 Å². The Kier molecular flexibility index (Phi) is 3.45. The molecule has 0 heterocycles. The lowest BCUT2D eigenvalue weighted by atomic mass is 9.62. The van der Waals surface area contributed by atoms with Gasteiger partial charge >= 0.3 is 0 Å². The number of rotatable bonds is 2. The van der Waals surface area contributed by atoms with Crippen LogP contribution in [0.4, 0.5) is 0 Å². The Morgan fingerprint density at radius 1 is 1.11 bits per heavy atom. The highest BCUT2D eigenvalue weighted by atomic mass is 14.4. The van der Waals surface area contributed by atoms with E-state index in [0.29, 0.717) is 10.8 Å². The average Bonchev–Trinajstić information content (AvgIpc) is 2.34. The highest BCUT2D eigenvalue weighted by Gasteiger charge is 2.37. The van der Waals surface area contributed by atoms with Gasteiger partial charge in [-0.3, -0.25) is 0 Å². The van der Waals surface area contributed by atoms with E-state index in [2.05, 4.69) is 61.2 Å². The Morgan fingerprint density at radius 2 is 1.58 bits per heavy atom. The zero-order valence-corrected chi connectivity index (χ0v) is 13.5. The van der Waals surface area contributed by atoms with Gasteiger partial charge in [-0.2, -0.15) is 0 Å². The van der Waals surface area contributed by atoms with Crippen molar-refractivity contribution in [1.82, 2.24) is 0 Å². The first-order valence-electron chi connectivity index (χ1n) is 7.53. The molecule has 1 aromatic rings. The number of aryl methyl sites for hydroxylation is 1. The second-order valence-electron chi connectivity index (χ2n) is 7.44. The van der Waals surface area contributed by atoms with Crippen molar-refractivity contribution in [2.24, 2.45) is 0 Å². The van der Waals surface area contributed by atoms with Gasteiger partial charge in [0.15, 0.2) is 0 Å². The highest BCUT2D eigenvalue weighted by molar-refractivity contribution is 6.14. The van der Waals surface area contributed by atoms with Crippen molar-refractivity contribution >= 4 is 13.4 Å². The van der Waals surface area contributed by atoms with Gasteiger partial charge in [-0.1, -0.05) is 58.3 Å². The first kappa shape index (κ1) is 14.4. The molecule has 0 N–H and O–H groups in total. The highest BCUT2D eigenvalue weighted by Crippen LogP contribution is 2.47. The quantitative estimate of drug-likeness (QED) is 0.686.